The van der Waals surface area contributed by atoms with Gasteiger partial charge in [0.15, 0.2) is 0 Å². The summed E-state index contributed by atoms with van der Waals surface area (Å²) in [6.07, 6.45) is -0.339. The number of rotatable bonds is 5. The molecule has 0 aliphatic rings. The standard InChI is InChI=1S/C15H20O3S/c1-11(17)12(2)19-10-14-9-13(5-4-8-16)6-7-15(14)18-3/h6-7,9,11-12,16-17H,8,10H2,1-3H3. The molecule has 0 amide bonds. The first-order valence-electron chi connectivity index (χ1n) is 6.14. The van der Waals surface area contributed by atoms with Gasteiger partial charge in [0, 0.05) is 22.1 Å². The molecular weight excluding hydrogens is 260 g/mol. The molecule has 0 saturated heterocycles. The maximum absolute atomic E-state index is 9.49. The van der Waals surface area contributed by atoms with Crippen molar-refractivity contribution in [1.29, 1.82) is 0 Å². The number of thioether (sulfide) groups is 1. The van der Waals surface area contributed by atoms with Gasteiger partial charge in [-0.05, 0) is 25.1 Å². The highest BCUT2D eigenvalue weighted by molar-refractivity contribution is 7.99. The Balaban J connectivity index is 2.84. The minimum absolute atomic E-state index is 0.144. The Morgan fingerprint density at radius 1 is 1.37 bits per heavy atom. The largest absolute Gasteiger partial charge is 0.496 e. The zero-order valence-electron chi connectivity index (χ0n) is 11.5. The second kappa shape index (κ2) is 8.11. The molecule has 2 unspecified atom stereocenters. The first-order valence-corrected chi connectivity index (χ1v) is 7.19. The van der Waals surface area contributed by atoms with E-state index in [2.05, 4.69) is 11.8 Å². The summed E-state index contributed by atoms with van der Waals surface area (Å²) in [5.74, 6) is 7.09. The van der Waals surface area contributed by atoms with Gasteiger partial charge in [0.2, 0.25) is 0 Å². The number of benzene rings is 1. The van der Waals surface area contributed by atoms with E-state index >= 15 is 0 Å². The van der Waals surface area contributed by atoms with Crippen LogP contribution >= 0.6 is 11.8 Å². The molecule has 1 aromatic carbocycles. The van der Waals surface area contributed by atoms with Crippen LogP contribution in [0.5, 0.6) is 5.75 Å². The monoisotopic (exact) mass is 280 g/mol. The fraction of sp³-hybridized carbons (Fsp3) is 0.467. The van der Waals surface area contributed by atoms with Crippen molar-refractivity contribution in [3.63, 3.8) is 0 Å². The smallest absolute Gasteiger partial charge is 0.122 e. The molecule has 1 aromatic rings. The van der Waals surface area contributed by atoms with Crippen molar-refractivity contribution in [3.05, 3.63) is 29.3 Å². The Morgan fingerprint density at radius 2 is 2.11 bits per heavy atom. The van der Waals surface area contributed by atoms with Crippen molar-refractivity contribution >= 4 is 11.8 Å². The van der Waals surface area contributed by atoms with Crippen molar-refractivity contribution < 1.29 is 14.9 Å². The van der Waals surface area contributed by atoms with Crippen molar-refractivity contribution in [2.75, 3.05) is 13.7 Å². The third-order valence-corrected chi connectivity index (χ3v) is 4.17. The fourth-order valence-corrected chi connectivity index (χ4v) is 2.42. The van der Waals surface area contributed by atoms with Gasteiger partial charge in [-0.2, -0.15) is 11.8 Å². The number of ether oxygens (including phenoxy) is 1. The van der Waals surface area contributed by atoms with Crippen LogP contribution < -0.4 is 4.74 Å². The van der Waals surface area contributed by atoms with Crippen LogP contribution in [0.2, 0.25) is 0 Å². The highest BCUT2D eigenvalue weighted by Crippen LogP contribution is 2.27. The van der Waals surface area contributed by atoms with Gasteiger partial charge in [0.1, 0.15) is 12.4 Å². The molecule has 2 atom stereocenters. The predicted octanol–water partition coefficient (Wildman–Crippen LogP) is 2.04. The molecule has 1 rings (SSSR count). The third kappa shape index (κ3) is 5.15. The Morgan fingerprint density at radius 3 is 2.68 bits per heavy atom. The molecule has 0 bridgehead atoms. The third-order valence-electron chi connectivity index (χ3n) is 2.77. The molecule has 3 nitrogen and oxygen atoms in total. The van der Waals surface area contributed by atoms with E-state index < -0.39 is 0 Å². The van der Waals surface area contributed by atoms with Crippen LogP contribution in [-0.4, -0.2) is 35.3 Å². The summed E-state index contributed by atoms with van der Waals surface area (Å²) in [4.78, 5) is 0. The lowest BCUT2D eigenvalue weighted by Gasteiger charge is -2.15. The first-order chi connectivity index (χ1) is 9.08. The van der Waals surface area contributed by atoms with Gasteiger partial charge in [0.05, 0.1) is 13.2 Å². The molecule has 0 spiro atoms. The molecule has 0 aliphatic carbocycles. The lowest BCUT2D eigenvalue weighted by Crippen LogP contribution is -2.15. The van der Waals surface area contributed by atoms with E-state index in [-0.39, 0.29) is 18.0 Å². The summed E-state index contributed by atoms with van der Waals surface area (Å²) < 4.78 is 5.32. The first kappa shape index (κ1) is 15.9. The summed E-state index contributed by atoms with van der Waals surface area (Å²) in [6.45, 7) is 3.64. The Kier molecular flexibility index (Phi) is 6.79. The molecule has 2 N–H and O–H groups in total. The number of aliphatic hydroxyl groups is 2. The van der Waals surface area contributed by atoms with Gasteiger partial charge in [0.25, 0.3) is 0 Å². The highest BCUT2D eigenvalue weighted by Gasteiger charge is 2.11. The summed E-state index contributed by atoms with van der Waals surface area (Å²) in [7, 11) is 1.64. The van der Waals surface area contributed by atoms with E-state index in [9.17, 15) is 5.11 Å². The van der Waals surface area contributed by atoms with Crippen LogP contribution in [0.25, 0.3) is 0 Å². The second-order valence-corrected chi connectivity index (χ2v) is 5.61. The molecule has 0 heterocycles. The van der Waals surface area contributed by atoms with E-state index in [1.54, 1.807) is 25.8 Å². The molecule has 0 fully saturated rings. The topological polar surface area (TPSA) is 49.7 Å². The zero-order valence-corrected chi connectivity index (χ0v) is 12.3. The lowest BCUT2D eigenvalue weighted by atomic mass is 10.1. The average Bonchev–Trinajstić information content (AvgIpc) is 2.42. The Hall–Kier alpha value is -1.15. The van der Waals surface area contributed by atoms with Crippen molar-refractivity contribution in [3.8, 4) is 17.6 Å². The van der Waals surface area contributed by atoms with Crippen LogP contribution in [0.1, 0.15) is 25.0 Å². The van der Waals surface area contributed by atoms with Crippen molar-refractivity contribution in [2.24, 2.45) is 0 Å². The van der Waals surface area contributed by atoms with Crippen LogP contribution in [0.15, 0.2) is 18.2 Å². The van der Waals surface area contributed by atoms with Crippen molar-refractivity contribution in [1.82, 2.24) is 0 Å². The van der Waals surface area contributed by atoms with Gasteiger partial charge < -0.3 is 14.9 Å². The van der Waals surface area contributed by atoms with Crippen LogP contribution in [-0.2, 0) is 5.75 Å². The average molecular weight is 280 g/mol. The van der Waals surface area contributed by atoms with Gasteiger partial charge in [-0.1, -0.05) is 18.8 Å². The SMILES string of the molecule is COc1ccc(C#CCO)cc1CSC(C)C(C)O. The predicted molar refractivity (Wildman–Crippen MR) is 79.4 cm³/mol. The van der Waals surface area contributed by atoms with E-state index in [0.29, 0.717) is 0 Å². The summed E-state index contributed by atoms with van der Waals surface area (Å²) in [5.41, 5.74) is 1.90. The van der Waals surface area contributed by atoms with Gasteiger partial charge in [-0.25, -0.2) is 0 Å². The summed E-state index contributed by atoms with van der Waals surface area (Å²) >= 11 is 1.67. The molecule has 104 valence electrons. The van der Waals surface area contributed by atoms with E-state index in [1.165, 1.54) is 0 Å². The van der Waals surface area contributed by atoms with Crippen LogP contribution in [0, 0.1) is 11.8 Å². The molecular formula is C15H20O3S. The normalized spacial score (nSPS) is 13.3. The number of hydrogen-bond acceptors (Lipinski definition) is 4. The van der Waals surface area contributed by atoms with E-state index in [4.69, 9.17) is 9.84 Å². The number of methoxy groups -OCH3 is 1. The highest BCUT2D eigenvalue weighted by atomic mass is 32.2. The fourth-order valence-electron chi connectivity index (χ4n) is 1.47. The van der Waals surface area contributed by atoms with Crippen LogP contribution in [0.4, 0.5) is 0 Å². The maximum atomic E-state index is 9.49. The second-order valence-electron chi connectivity index (χ2n) is 4.24. The molecule has 19 heavy (non-hydrogen) atoms. The zero-order chi connectivity index (χ0) is 14.3. The van der Waals surface area contributed by atoms with Crippen LogP contribution in [0.3, 0.4) is 0 Å². The van der Waals surface area contributed by atoms with Crippen molar-refractivity contribution in [2.45, 2.75) is 31.0 Å². The lowest BCUT2D eigenvalue weighted by molar-refractivity contribution is 0.196. The van der Waals surface area contributed by atoms with Gasteiger partial charge >= 0.3 is 0 Å². The minimum Gasteiger partial charge on any atom is -0.496 e. The minimum atomic E-state index is -0.339. The van der Waals surface area contributed by atoms with E-state index in [0.717, 1.165) is 22.6 Å². The molecule has 0 aromatic heterocycles. The summed E-state index contributed by atoms with van der Waals surface area (Å²) in [6, 6.07) is 5.71. The number of aliphatic hydroxyl groups excluding tert-OH is 2. The Bertz CT molecular complexity index is 460. The number of hydrogen-bond donors (Lipinski definition) is 2. The van der Waals surface area contributed by atoms with E-state index in [1.807, 2.05) is 25.1 Å². The van der Waals surface area contributed by atoms with Gasteiger partial charge in [-0.3, -0.25) is 0 Å². The maximum Gasteiger partial charge on any atom is 0.122 e. The Labute approximate surface area is 119 Å². The summed E-state index contributed by atoms with van der Waals surface area (Å²) in [5, 5.41) is 18.4. The molecule has 0 radical (unpaired) electrons. The quantitative estimate of drug-likeness (QED) is 0.810. The molecule has 0 saturated carbocycles. The molecule has 4 heteroatoms. The van der Waals surface area contributed by atoms with Gasteiger partial charge in [-0.15, -0.1) is 0 Å². The molecule has 0 aliphatic heterocycles.